The van der Waals surface area contributed by atoms with Crippen LogP contribution in [0.15, 0.2) is 41.1 Å². The van der Waals surface area contributed by atoms with Crippen LogP contribution in [0.2, 0.25) is 0 Å². The van der Waals surface area contributed by atoms with E-state index in [0.717, 1.165) is 11.6 Å². The minimum Gasteiger partial charge on any atom is -0.464 e. The second-order valence-electron chi connectivity index (χ2n) is 5.38. The molecule has 0 aliphatic rings. The van der Waals surface area contributed by atoms with Crippen molar-refractivity contribution in [1.29, 1.82) is 0 Å². The van der Waals surface area contributed by atoms with Crippen molar-refractivity contribution in [2.45, 2.75) is 12.4 Å². The number of anilines is 1. The lowest BCUT2D eigenvalue weighted by atomic mass is 9.76. The van der Waals surface area contributed by atoms with Crippen molar-refractivity contribution in [2.24, 2.45) is 0 Å². The third-order valence-corrected chi connectivity index (χ3v) is 4.28. The zero-order chi connectivity index (χ0) is 18.7. The summed E-state index contributed by atoms with van der Waals surface area (Å²) in [5.41, 5.74) is 1.25. The minimum atomic E-state index is -1.90. The number of thiazole rings is 1. The highest BCUT2D eigenvalue weighted by atomic mass is 32.1. The Balaban J connectivity index is 1.68. The normalized spacial score (nSPS) is 12.0. The van der Waals surface area contributed by atoms with Crippen LogP contribution in [0.3, 0.4) is 0 Å². The van der Waals surface area contributed by atoms with Gasteiger partial charge < -0.3 is 19.8 Å². The van der Waals surface area contributed by atoms with Gasteiger partial charge >= 0.3 is 18.9 Å². The lowest BCUT2D eigenvalue weighted by Gasteiger charge is -2.16. The number of rotatable bonds is 5. The van der Waals surface area contributed by atoms with Crippen LogP contribution < -0.4 is 10.6 Å². The van der Waals surface area contributed by atoms with Gasteiger partial charge in [-0.3, -0.25) is 14.9 Å². The van der Waals surface area contributed by atoms with Gasteiger partial charge in [0.2, 0.25) is 0 Å². The third-order valence-electron chi connectivity index (χ3n) is 3.58. The van der Waals surface area contributed by atoms with Crippen molar-refractivity contribution in [3.8, 4) is 0 Å². The molecule has 1 atom stereocenters. The van der Waals surface area contributed by atoms with E-state index in [0.29, 0.717) is 22.5 Å². The quantitative estimate of drug-likeness (QED) is 0.383. The largest absolute Gasteiger partial charge is 0.475 e. The number of aromatic nitrogens is 1. The molecule has 26 heavy (non-hydrogen) atoms. The predicted molar refractivity (Wildman–Crippen MR) is 92.7 cm³/mol. The van der Waals surface area contributed by atoms with Crippen LogP contribution in [0.4, 0.5) is 9.52 Å². The van der Waals surface area contributed by atoms with E-state index in [9.17, 15) is 24.0 Å². The summed E-state index contributed by atoms with van der Waals surface area (Å²) >= 11 is 0.563. The molecular weight excluding hydrogens is 364 g/mol. The molecular formula is C15H13BFN3O5S. The maximum absolute atomic E-state index is 12.9. The molecule has 0 aliphatic heterocycles. The number of fused-ring (bicyclic) bond motifs is 1. The number of hydrogen-bond acceptors (Lipinski definition) is 7. The molecule has 3 aromatic rings. The first-order valence-electron chi connectivity index (χ1n) is 7.48. The molecule has 0 radical (unpaired) electrons. The predicted octanol–water partition coefficient (Wildman–Crippen LogP) is 0.706. The number of amides is 2. The van der Waals surface area contributed by atoms with E-state index in [1.165, 1.54) is 6.26 Å². The number of nitrogens with one attached hydrogen (secondary N) is 2. The SMILES string of the molecule is O=C(Nc1ncc(F)s1)C(=O)NC(Cc1coc2ccccc12)B(O)O. The molecule has 0 saturated heterocycles. The van der Waals surface area contributed by atoms with Crippen LogP contribution in [-0.4, -0.2) is 39.9 Å². The molecule has 3 rings (SSSR count). The molecule has 11 heteroatoms. The molecule has 0 spiro atoms. The molecule has 8 nitrogen and oxygen atoms in total. The van der Waals surface area contributed by atoms with Gasteiger partial charge in [-0.15, -0.1) is 0 Å². The smallest absolute Gasteiger partial charge is 0.464 e. The lowest BCUT2D eigenvalue weighted by Crippen LogP contribution is -2.51. The van der Waals surface area contributed by atoms with E-state index in [-0.39, 0.29) is 11.6 Å². The number of furan rings is 1. The van der Waals surface area contributed by atoms with Gasteiger partial charge in [0.15, 0.2) is 10.3 Å². The summed E-state index contributed by atoms with van der Waals surface area (Å²) in [6.07, 6.45) is 2.38. The standard InChI is InChI=1S/C15H13BFN3O5S/c17-12-6-18-15(26-12)20-14(22)13(21)19-11(16(23)24)5-8-7-25-10-4-2-1-3-9(8)10/h1-4,6-7,11,23-24H,5H2,(H,19,21)(H,18,20,22). The van der Waals surface area contributed by atoms with Crippen molar-refractivity contribution < 1.29 is 28.4 Å². The van der Waals surface area contributed by atoms with Crippen molar-refractivity contribution >= 4 is 46.4 Å². The lowest BCUT2D eigenvalue weighted by molar-refractivity contribution is -0.136. The number of para-hydroxylation sites is 1. The molecule has 0 bridgehead atoms. The highest BCUT2D eigenvalue weighted by Crippen LogP contribution is 2.22. The maximum Gasteiger partial charge on any atom is 0.475 e. The van der Waals surface area contributed by atoms with E-state index in [1.54, 1.807) is 24.3 Å². The second kappa shape index (κ2) is 7.64. The Labute approximate surface area is 150 Å². The Kier molecular flexibility index (Phi) is 5.31. The number of carbonyl (C=O) groups excluding carboxylic acids is 2. The molecule has 1 unspecified atom stereocenters. The highest BCUT2D eigenvalue weighted by Gasteiger charge is 2.29. The number of carbonyl (C=O) groups is 2. The van der Waals surface area contributed by atoms with Gasteiger partial charge in [0.1, 0.15) is 5.58 Å². The van der Waals surface area contributed by atoms with E-state index in [1.807, 2.05) is 0 Å². The van der Waals surface area contributed by atoms with Crippen LogP contribution in [0.25, 0.3) is 11.0 Å². The molecule has 134 valence electrons. The van der Waals surface area contributed by atoms with Gasteiger partial charge in [0.25, 0.3) is 0 Å². The van der Waals surface area contributed by atoms with Crippen LogP contribution in [-0.2, 0) is 16.0 Å². The summed E-state index contributed by atoms with van der Waals surface area (Å²) < 4.78 is 18.2. The molecule has 0 saturated carbocycles. The fraction of sp³-hybridized carbons (Fsp3) is 0.133. The fourth-order valence-corrected chi connectivity index (χ4v) is 2.90. The Morgan fingerprint density at radius 1 is 1.31 bits per heavy atom. The molecule has 0 aliphatic carbocycles. The second-order valence-corrected chi connectivity index (χ2v) is 6.36. The summed E-state index contributed by atoms with van der Waals surface area (Å²) in [6.45, 7) is 0. The Morgan fingerprint density at radius 3 is 2.77 bits per heavy atom. The maximum atomic E-state index is 12.9. The first-order chi connectivity index (χ1) is 12.4. The van der Waals surface area contributed by atoms with Gasteiger partial charge in [-0.25, -0.2) is 4.98 Å². The Hall–Kier alpha value is -2.76. The van der Waals surface area contributed by atoms with E-state index < -0.39 is 30.0 Å². The van der Waals surface area contributed by atoms with Crippen molar-refractivity contribution in [3.05, 3.63) is 47.4 Å². The van der Waals surface area contributed by atoms with Gasteiger partial charge in [0, 0.05) is 5.39 Å². The Bertz CT molecular complexity index is 944. The van der Waals surface area contributed by atoms with E-state index in [4.69, 9.17) is 4.42 Å². The van der Waals surface area contributed by atoms with Gasteiger partial charge in [-0.2, -0.15) is 4.39 Å². The van der Waals surface area contributed by atoms with Gasteiger partial charge in [0.05, 0.1) is 18.4 Å². The molecule has 0 fully saturated rings. The monoisotopic (exact) mass is 377 g/mol. The summed E-state index contributed by atoms with van der Waals surface area (Å²) in [5, 5.41) is 23.5. The molecule has 2 heterocycles. The van der Waals surface area contributed by atoms with E-state index in [2.05, 4.69) is 15.6 Å². The number of halogens is 1. The number of nitrogens with zero attached hydrogens (tertiary/aromatic N) is 1. The van der Waals surface area contributed by atoms with Crippen LogP contribution in [0.1, 0.15) is 5.56 Å². The van der Waals surface area contributed by atoms with Crippen molar-refractivity contribution in [2.75, 3.05) is 5.32 Å². The Morgan fingerprint density at radius 2 is 2.08 bits per heavy atom. The van der Waals surface area contributed by atoms with E-state index >= 15 is 0 Å². The van der Waals surface area contributed by atoms with Crippen LogP contribution >= 0.6 is 11.3 Å². The van der Waals surface area contributed by atoms with Gasteiger partial charge in [-0.1, -0.05) is 29.5 Å². The van der Waals surface area contributed by atoms with Crippen LogP contribution in [0, 0.1) is 5.13 Å². The van der Waals surface area contributed by atoms with Crippen LogP contribution in [0.5, 0.6) is 0 Å². The summed E-state index contributed by atoms with van der Waals surface area (Å²) in [5.74, 6) is -3.35. The molecule has 1 aromatic carbocycles. The third kappa shape index (κ3) is 4.07. The highest BCUT2D eigenvalue weighted by molar-refractivity contribution is 7.14. The first-order valence-corrected chi connectivity index (χ1v) is 8.30. The minimum absolute atomic E-state index is 0.0274. The molecule has 2 aromatic heterocycles. The average Bonchev–Trinajstić information content (AvgIpc) is 3.20. The first kappa shape index (κ1) is 18.0. The van der Waals surface area contributed by atoms with Gasteiger partial charge in [-0.05, 0) is 18.1 Å². The molecule has 2 amide bonds. The number of benzene rings is 1. The topological polar surface area (TPSA) is 125 Å². The zero-order valence-corrected chi connectivity index (χ0v) is 14.0. The molecule has 4 N–H and O–H groups in total. The average molecular weight is 377 g/mol. The van der Waals surface area contributed by atoms with Crippen molar-refractivity contribution in [3.63, 3.8) is 0 Å². The summed E-state index contributed by atoms with van der Waals surface area (Å²) in [6, 6.07) is 7.13. The fourth-order valence-electron chi connectivity index (χ4n) is 2.36. The summed E-state index contributed by atoms with van der Waals surface area (Å²) in [4.78, 5) is 27.4. The van der Waals surface area contributed by atoms with Crippen molar-refractivity contribution in [1.82, 2.24) is 10.3 Å². The zero-order valence-electron chi connectivity index (χ0n) is 13.2. The number of hydrogen-bond donors (Lipinski definition) is 4. The summed E-state index contributed by atoms with van der Waals surface area (Å²) in [7, 11) is -1.90.